The van der Waals surface area contributed by atoms with Crippen molar-refractivity contribution >= 4 is 28.5 Å². The summed E-state index contributed by atoms with van der Waals surface area (Å²) in [4.78, 5) is 47.4. The van der Waals surface area contributed by atoms with E-state index in [1.54, 1.807) is 19.0 Å². The quantitative estimate of drug-likeness (QED) is 0.203. The molecule has 1 fully saturated rings. The number of carbonyl (C=O) groups excluding carboxylic acids is 3. The van der Waals surface area contributed by atoms with Crippen LogP contribution in [0.1, 0.15) is 63.5 Å². The van der Waals surface area contributed by atoms with E-state index in [0.29, 0.717) is 31.8 Å². The van der Waals surface area contributed by atoms with Crippen molar-refractivity contribution in [2.24, 2.45) is 5.73 Å². The molecule has 1 saturated heterocycles. The monoisotopic (exact) mass is 653 g/mol. The molecule has 0 aliphatic carbocycles. The normalized spacial score (nSPS) is 16.6. The van der Waals surface area contributed by atoms with Crippen molar-refractivity contribution in [3.8, 4) is 0 Å². The molecule has 1 aliphatic rings. The van der Waals surface area contributed by atoms with Crippen molar-refractivity contribution in [2.75, 3.05) is 34.2 Å². The Hall–Kier alpha value is -4.01. The first kappa shape index (κ1) is 36.8. The largest absolute Gasteiger partial charge is 0.354 e. The molecule has 0 saturated carbocycles. The Morgan fingerprint density at radius 1 is 0.917 bits per heavy atom. The van der Waals surface area contributed by atoms with E-state index in [9.17, 15) is 14.4 Å². The summed E-state index contributed by atoms with van der Waals surface area (Å²) < 4.78 is 0. The van der Waals surface area contributed by atoms with Crippen LogP contribution in [0.3, 0.4) is 0 Å². The average molecular weight is 654 g/mol. The minimum Gasteiger partial charge on any atom is -0.354 e. The Balaban J connectivity index is 1.59. The molecule has 0 radical (unpaired) electrons. The SMILES string of the molecule is CCC(N)(CC)C/C=C/C(=O)N(C)C(Cc1ccc2ccccc2c1)C(=O)N(C)C(Cc1ccccc1)C(=O)NCCC1CCCN1C. The van der Waals surface area contributed by atoms with Crippen LogP contribution in [0.15, 0.2) is 84.9 Å². The van der Waals surface area contributed by atoms with Gasteiger partial charge < -0.3 is 25.8 Å². The fourth-order valence-corrected chi connectivity index (χ4v) is 6.64. The number of carbonyl (C=O) groups is 3. The molecule has 0 aromatic heterocycles. The molecule has 1 heterocycles. The lowest BCUT2D eigenvalue weighted by molar-refractivity contribution is -0.146. The average Bonchev–Trinajstić information content (AvgIpc) is 3.52. The summed E-state index contributed by atoms with van der Waals surface area (Å²) >= 11 is 0. The van der Waals surface area contributed by atoms with Gasteiger partial charge in [0.05, 0.1) is 0 Å². The molecule has 4 rings (SSSR count). The van der Waals surface area contributed by atoms with Gasteiger partial charge in [-0.25, -0.2) is 0 Å². The Kier molecular flexibility index (Phi) is 13.4. The summed E-state index contributed by atoms with van der Waals surface area (Å²) in [6, 6.07) is 22.9. The maximum Gasteiger partial charge on any atom is 0.246 e. The number of nitrogens with zero attached hydrogens (tertiary/aromatic N) is 3. The van der Waals surface area contributed by atoms with Crippen LogP contribution < -0.4 is 11.1 Å². The van der Waals surface area contributed by atoms with Gasteiger partial charge in [0.25, 0.3) is 0 Å². The fourth-order valence-electron chi connectivity index (χ4n) is 6.64. The van der Waals surface area contributed by atoms with Gasteiger partial charge in [-0.2, -0.15) is 0 Å². The summed E-state index contributed by atoms with van der Waals surface area (Å²) in [5, 5.41) is 5.31. The molecule has 3 amide bonds. The lowest BCUT2D eigenvalue weighted by Crippen LogP contribution is -2.56. The molecule has 258 valence electrons. The van der Waals surface area contributed by atoms with E-state index in [1.165, 1.54) is 17.4 Å². The molecule has 0 spiro atoms. The second-order valence-corrected chi connectivity index (χ2v) is 13.5. The van der Waals surface area contributed by atoms with E-state index >= 15 is 0 Å². The highest BCUT2D eigenvalue weighted by molar-refractivity contribution is 5.95. The van der Waals surface area contributed by atoms with E-state index in [4.69, 9.17) is 5.73 Å². The molecule has 0 bridgehead atoms. The number of hydrogen-bond acceptors (Lipinski definition) is 5. The van der Waals surface area contributed by atoms with Crippen LogP contribution in [-0.2, 0) is 27.2 Å². The molecule has 3 aromatic carbocycles. The van der Waals surface area contributed by atoms with Crippen molar-refractivity contribution in [1.82, 2.24) is 20.0 Å². The lowest BCUT2D eigenvalue weighted by Gasteiger charge is -2.34. The molecular weight excluding hydrogens is 598 g/mol. The van der Waals surface area contributed by atoms with Crippen LogP contribution in [0.4, 0.5) is 0 Å². The number of likely N-dealkylation sites (N-methyl/N-ethyl adjacent to an activating group) is 2. The molecule has 3 unspecified atom stereocenters. The van der Waals surface area contributed by atoms with Gasteiger partial charge in [-0.15, -0.1) is 0 Å². The van der Waals surface area contributed by atoms with Gasteiger partial charge in [0.2, 0.25) is 17.7 Å². The van der Waals surface area contributed by atoms with E-state index in [2.05, 4.69) is 43.2 Å². The van der Waals surface area contributed by atoms with Crippen LogP contribution in [0.25, 0.3) is 10.8 Å². The van der Waals surface area contributed by atoms with Crippen LogP contribution in [0.2, 0.25) is 0 Å². The predicted octanol–water partition coefficient (Wildman–Crippen LogP) is 5.34. The van der Waals surface area contributed by atoms with Gasteiger partial charge in [-0.1, -0.05) is 92.7 Å². The number of hydrogen-bond donors (Lipinski definition) is 2. The Morgan fingerprint density at radius 3 is 2.25 bits per heavy atom. The number of nitrogens with two attached hydrogens (primary N) is 1. The summed E-state index contributed by atoms with van der Waals surface area (Å²) in [5.74, 6) is -0.747. The first-order valence-electron chi connectivity index (χ1n) is 17.5. The molecule has 8 heteroatoms. The first-order chi connectivity index (χ1) is 23.0. The summed E-state index contributed by atoms with van der Waals surface area (Å²) in [6.07, 6.45) is 9.36. The standard InChI is InChI=1S/C40H55N5O3/c1-6-40(41,7-2)24-13-20-37(46)44(4)36(29-31-21-22-32-17-11-12-18-33(32)27-31)39(48)45(5)35(28-30-15-9-8-10-16-30)38(47)42-25-23-34-19-14-26-43(34)3/h8-13,15-18,20-22,27,34-36H,6-7,14,19,23-26,28-29,41H2,1-5H3,(H,42,47)/b20-13+. The third kappa shape index (κ3) is 9.77. The molecule has 1 aliphatic heterocycles. The number of benzene rings is 3. The maximum atomic E-state index is 14.5. The van der Waals surface area contributed by atoms with Gasteiger partial charge in [0, 0.05) is 45.1 Å². The van der Waals surface area contributed by atoms with Gasteiger partial charge in [-0.05, 0) is 80.1 Å². The van der Waals surface area contributed by atoms with Crippen molar-refractivity contribution < 1.29 is 14.4 Å². The van der Waals surface area contributed by atoms with Gasteiger partial charge in [0.1, 0.15) is 12.1 Å². The highest BCUT2D eigenvalue weighted by atomic mass is 16.2. The molecule has 8 nitrogen and oxygen atoms in total. The smallest absolute Gasteiger partial charge is 0.246 e. The second-order valence-electron chi connectivity index (χ2n) is 13.5. The Labute approximate surface area is 287 Å². The predicted molar refractivity (Wildman–Crippen MR) is 195 cm³/mol. The highest BCUT2D eigenvalue weighted by Gasteiger charge is 2.35. The van der Waals surface area contributed by atoms with E-state index in [-0.39, 0.29) is 23.3 Å². The third-order valence-corrected chi connectivity index (χ3v) is 10.4. The van der Waals surface area contributed by atoms with Crippen molar-refractivity contribution in [1.29, 1.82) is 0 Å². The number of likely N-dealkylation sites (tertiary alicyclic amines) is 1. The zero-order valence-corrected chi connectivity index (χ0v) is 29.5. The zero-order valence-electron chi connectivity index (χ0n) is 29.5. The van der Waals surface area contributed by atoms with Crippen molar-refractivity contribution in [3.05, 3.63) is 96.1 Å². The minimum absolute atomic E-state index is 0.188. The Bertz CT molecular complexity index is 1540. The van der Waals surface area contributed by atoms with Crippen molar-refractivity contribution in [2.45, 2.75) is 88.9 Å². The molecule has 3 aromatic rings. The molecular formula is C40H55N5O3. The molecule has 3 atom stereocenters. The number of nitrogens with one attached hydrogen (secondary N) is 1. The van der Waals surface area contributed by atoms with Crippen LogP contribution in [-0.4, -0.2) is 90.3 Å². The van der Waals surface area contributed by atoms with Crippen LogP contribution in [0, 0.1) is 0 Å². The molecule has 48 heavy (non-hydrogen) atoms. The van der Waals surface area contributed by atoms with E-state index in [1.807, 2.05) is 66.7 Å². The van der Waals surface area contributed by atoms with E-state index in [0.717, 1.165) is 54.1 Å². The number of fused-ring (bicyclic) bond motifs is 1. The summed E-state index contributed by atoms with van der Waals surface area (Å²) in [5.41, 5.74) is 8.00. The van der Waals surface area contributed by atoms with Crippen LogP contribution >= 0.6 is 0 Å². The third-order valence-electron chi connectivity index (χ3n) is 10.4. The fraction of sp³-hybridized carbons (Fsp3) is 0.475. The zero-order chi connectivity index (χ0) is 34.7. The van der Waals surface area contributed by atoms with Crippen molar-refractivity contribution in [3.63, 3.8) is 0 Å². The van der Waals surface area contributed by atoms with Gasteiger partial charge in [-0.3, -0.25) is 14.4 Å². The number of amides is 3. The number of rotatable bonds is 16. The summed E-state index contributed by atoms with van der Waals surface area (Å²) in [7, 11) is 5.49. The maximum absolute atomic E-state index is 14.5. The van der Waals surface area contributed by atoms with Gasteiger partial charge >= 0.3 is 0 Å². The lowest BCUT2D eigenvalue weighted by atomic mass is 9.90. The Morgan fingerprint density at radius 2 is 1.58 bits per heavy atom. The van der Waals surface area contributed by atoms with Crippen LogP contribution in [0.5, 0.6) is 0 Å². The minimum atomic E-state index is -0.827. The van der Waals surface area contributed by atoms with E-state index < -0.39 is 12.1 Å². The summed E-state index contributed by atoms with van der Waals surface area (Å²) in [6.45, 7) is 5.73. The highest BCUT2D eigenvalue weighted by Crippen LogP contribution is 2.21. The first-order valence-corrected chi connectivity index (χ1v) is 17.5. The second kappa shape index (κ2) is 17.4. The topological polar surface area (TPSA) is 99.0 Å². The van der Waals surface area contributed by atoms with Gasteiger partial charge in [0.15, 0.2) is 0 Å². The molecule has 3 N–H and O–H groups in total.